The van der Waals surface area contributed by atoms with Gasteiger partial charge in [-0.1, -0.05) is 0 Å². The third kappa shape index (κ3) is 3.19. The lowest BCUT2D eigenvalue weighted by Crippen LogP contribution is -2.12. The number of carbonyl (C=O) groups excluding carboxylic acids is 1. The molecule has 3 N–H and O–H groups in total. The summed E-state index contributed by atoms with van der Waals surface area (Å²) in [6.07, 6.45) is 0. The van der Waals surface area contributed by atoms with E-state index < -0.39 is 0 Å². The molecule has 0 heterocycles. The molecule has 102 valence electrons. The van der Waals surface area contributed by atoms with E-state index in [9.17, 15) is 4.79 Å². The SMILES string of the molecule is N#Cc1ccc(NC(=O)c2ccc(N)c(Br)c2)cc1C#N. The minimum absolute atomic E-state index is 0.216. The summed E-state index contributed by atoms with van der Waals surface area (Å²) in [4.78, 5) is 12.1. The van der Waals surface area contributed by atoms with Crippen LogP contribution in [0.5, 0.6) is 0 Å². The molecule has 0 atom stereocenters. The first-order valence-electron chi connectivity index (χ1n) is 5.86. The fourth-order valence-electron chi connectivity index (χ4n) is 1.68. The number of hydrogen-bond acceptors (Lipinski definition) is 4. The Labute approximate surface area is 129 Å². The first kappa shape index (κ1) is 14.6. The van der Waals surface area contributed by atoms with Gasteiger partial charge in [0.2, 0.25) is 0 Å². The van der Waals surface area contributed by atoms with Gasteiger partial charge in [-0.05, 0) is 52.3 Å². The summed E-state index contributed by atoms with van der Waals surface area (Å²) >= 11 is 3.26. The van der Waals surface area contributed by atoms with E-state index in [1.54, 1.807) is 24.3 Å². The van der Waals surface area contributed by atoms with Gasteiger partial charge < -0.3 is 11.1 Å². The Morgan fingerprint density at radius 2 is 1.81 bits per heavy atom. The van der Waals surface area contributed by atoms with Crippen LogP contribution in [0.3, 0.4) is 0 Å². The maximum atomic E-state index is 12.1. The molecule has 2 aromatic carbocycles. The van der Waals surface area contributed by atoms with E-state index in [0.29, 0.717) is 21.4 Å². The highest BCUT2D eigenvalue weighted by Crippen LogP contribution is 2.21. The van der Waals surface area contributed by atoms with Crippen molar-refractivity contribution in [3.05, 3.63) is 57.6 Å². The number of nitriles is 2. The van der Waals surface area contributed by atoms with Gasteiger partial charge in [-0.2, -0.15) is 10.5 Å². The van der Waals surface area contributed by atoms with Gasteiger partial charge in [0.1, 0.15) is 12.1 Å². The Morgan fingerprint density at radius 3 is 2.43 bits per heavy atom. The van der Waals surface area contributed by atoms with E-state index in [4.69, 9.17) is 16.3 Å². The number of halogens is 1. The van der Waals surface area contributed by atoms with Gasteiger partial charge in [-0.3, -0.25) is 4.79 Å². The van der Waals surface area contributed by atoms with Gasteiger partial charge in [-0.15, -0.1) is 0 Å². The van der Waals surface area contributed by atoms with Gasteiger partial charge in [0.15, 0.2) is 0 Å². The Balaban J connectivity index is 2.26. The summed E-state index contributed by atoms with van der Waals surface area (Å²) in [5.41, 5.74) is 7.57. The van der Waals surface area contributed by atoms with Crippen molar-refractivity contribution in [2.75, 3.05) is 11.1 Å². The van der Waals surface area contributed by atoms with Crippen LogP contribution in [0.25, 0.3) is 0 Å². The first-order valence-corrected chi connectivity index (χ1v) is 6.65. The number of amides is 1. The Kier molecular flexibility index (Phi) is 4.22. The number of hydrogen-bond donors (Lipinski definition) is 2. The molecular weight excluding hydrogens is 332 g/mol. The van der Waals surface area contributed by atoms with Crippen LogP contribution in [-0.2, 0) is 0 Å². The molecule has 2 aromatic rings. The Hall–Kier alpha value is -2.83. The van der Waals surface area contributed by atoms with Crippen LogP contribution >= 0.6 is 15.9 Å². The number of nitrogen functional groups attached to an aromatic ring is 1. The van der Waals surface area contributed by atoms with Crippen LogP contribution in [0.15, 0.2) is 40.9 Å². The van der Waals surface area contributed by atoms with E-state index in [0.717, 1.165) is 0 Å². The highest BCUT2D eigenvalue weighted by atomic mass is 79.9. The van der Waals surface area contributed by atoms with E-state index >= 15 is 0 Å². The Bertz CT molecular complexity index is 802. The van der Waals surface area contributed by atoms with Gasteiger partial charge in [0.05, 0.1) is 11.1 Å². The van der Waals surface area contributed by atoms with E-state index in [2.05, 4.69) is 21.2 Å². The predicted octanol–water partition coefficient (Wildman–Crippen LogP) is 3.03. The van der Waals surface area contributed by atoms with Crippen molar-refractivity contribution in [1.29, 1.82) is 10.5 Å². The van der Waals surface area contributed by atoms with Gasteiger partial charge in [-0.25, -0.2) is 0 Å². The lowest BCUT2D eigenvalue weighted by atomic mass is 10.1. The monoisotopic (exact) mass is 340 g/mol. The van der Waals surface area contributed by atoms with Crippen LogP contribution in [-0.4, -0.2) is 5.91 Å². The first-order chi connectivity index (χ1) is 10.0. The lowest BCUT2D eigenvalue weighted by molar-refractivity contribution is 0.102. The molecule has 0 spiro atoms. The summed E-state index contributed by atoms with van der Waals surface area (Å²) in [5, 5.41) is 20.5. The number of anilines is 2. The molecule has 1 amide bonds. The van der Waals surface area contributed by atoms with E-state index in [1.807, 2.05) is 12.1 Å². The quantitative estimate of drug-likeness (QED) is 0.820. The summed E-state index contributed by atoms with van der Waals surface area (Å²) < 4.78 is 0.632. The van der Waals surface area contributed by atoms with Crippen molar-refractivity contribution < 1.29 is 4.79 Å². The molecule has 5 nitrogen and oxygen atoms in total. The number of nitrogens with one attached hydrogen (secondary N) is 1. The topological polar surface area (TPSA) is 103 Å². The number of nitrogens with zero attached hydrogens (tertiary/aromatic N) is 2. The molecule has 0 saturated carbocycles. The molecule has 0 radical (unpaired) electrons. The molecule has 0 saturated heterocycles. The second-order valence-corrected chi connectivity index (χ2v) is 5.03. The van der Waals surface area contributed by atoms with Crippen molar-refractivity contribution in [3.8, 4) is 12.1 Å². The molecule has 0 bridgehead atoms. The van der Waals surface area contributed by atoms with Crippen LogP contribution in [0.2, 0.25) is 0 Å². The van der Waals surface area contributed by atoms with Crippen LogP contribution in [0, 0.1) is 22.7 Å². The molecule has 0 aliphatic carbocycles. The molecule has 6 heteroatoms. The smallest absolute Gasteiger partial charge is 0.255 e. The Morgan fingerprint density at radius 1 is 1.10 bits per heavy atom. The minimum Gasteiger partial charge on any atom is -0.398 e. The number of nitrogens with two attached hydrogens (primary N) is 1. The second kappa shape index (κ2) is 6.08. The van der Waals surface area contributed by atoms with Crippen molar-refractivity contribution >= 4 is 33.2 Å². The maximum Gasteiger partial charge on any atom is 0.255 e. The standard InChI is InChI=1S/C15H9BrN4O/c16-13-6-9(2-4-14(13)19)15(21)20-12-3-1-10(7-17)11(5-12)8-18/h1-6H,19H2,(H,20,21). The van der Waals surface area contributed by atoms with Crippen molar-refractivity contribution in [2.24, 2.45) is 0 Å². The molecule has 0 aromatic heterocycles. The van der Waals surface area contributed by atoms with Crippen LogP contribution < -0.4 is 11.1 Å². The summed E-state index contributed by atoms with van der Waals surface area (Å²) in [5.74, 6) is -0.329. The minimum atomic E-state index is -0.329. The highest BCUT2D eigenvalue weighted by molar-refractivity contribution is 9.10. The summed E-state index contributed by atoms with van der Waals surface area (Å²) in [6.45, 7) is 0. The average Bonchev–Trinajstić information content (AvgIpc) is 2.49. The summed E-state index contributed by atoms with van der Waals surface area (Å²) in [7, 11) is 0. The molecule has 21 heavy (non-hydrogen) atoms. The zero-order valence-corrected chi connectivity index (χ0v) is 12.3. The normalized spacial score (nSPS) is 9.48. The molecule has 0 unspecified atom stereocenters. The van der Waals surface area contributed by atoms with Crippen LogP contribution in [0.1, 0.15) is 21.5 Å². The molecule has 0 fully saturated rings. The lowest BCUT2D eigenvalue weighted by Gasteiger charge is -2.07. The average molecular weight is 341 g/mol. The second-order valence-electron chi connectivity index (χ2n) is 4.17. The predicted molar refractivity (Wildman–Crippen MR) is 82.4 cm³/mol. The third-order valence-corrected chi connectivity index (χ3v) is 3.47. The number of benzene rings is 2. The van der Waals surface area contributed by atoms with Crippen molar-refractivity contribution in [2.45, 2.75) is 0 Å². The van der Waals surface area contributed by atoms with Gasteiger partial charge >= 0.3 is 0 Å². The molecule has 0 aliphatic heterocycles. The molecule has 2 rings (SSSR count). The third-order valence-electron chi connectivity index (χ3n) is 2.78. The fraction of sp³-hybridized carbons (Fsp3) is 0. The largest absolute Gasteiger partial charge is 0.398 e. The maximum absolute atomic E-state index is 12.1. The fourth-order valence-corrected chi connectivity index (χ4v) is 2.06. The summed E-state index contributed by atoms with van der Waals surface area (Å²) in [6, 6.07) is 13.2. The van der Waals surface area contributed by atoms with Crippen molar-refractivity contribution in [1.82, 2.24) is 0 Å². The number of carbonyl (C=O) groups is 1. The van der Waals surface area contributed by atoms with Crippen molar-refractivity contribution in [3.63, 3.8) is 0 Å². The highest BCUT2D eigenvalue weighted by Gasteiger charge is 2.09. The zero-order valence-electron chi connectivity index (χ0n) is 10.7. The van der Waals surface area contributed by atoms with Crippen LogP contribution in [0.4, 0.5) is 11.4 Å². The number of rotatable bonds is 2. The van der Waals surface area contributed by atoms with E-state index in [1.165, 1.54) is 12.1 Å². The molecular formula is C15H9BrN4O. The van der Waals surface area contributed by atoms with E-state index in [-0.39, 0.29) is 17.0 Å². The zero-order chi connectivity index (χ0) is 15.4. The van der Waals surface area contributed by atoms with Gasteiger partial charge in [0.25, 0.3) is 5.91 Å². The molecule has 0 aliphatic rings. The van der Waals surface area contributed by atoms with Gasteiger partial charge in [0, 0.05) is 21.4 Å².